The molecule has 0 saturated heterocycles. The number of benzene rings is 1. The van der Waals surface area contributed by atoms with E-state index in [0.29, 0.717) is 18.0 Å². The van der Waals surface area contributed by atoms with Gasteiger partial charge in [0.15, 0.2) is 0 Å². The van der Waals surface area contributed by atoms with E-state index in [1.54, 1.807) is 18.3 Å². The molecule has 4 nitrogen and oxygen atoms in total. The summed E-state index contributed by atoms with van der Waals surface area (Å²) in [5.41, 5.74) is 0.545. The van der Waals surface area contributed by atoms with Crippen LogP contribution in [0.4, 0.5) is 4.39 Å². The molecular weight excluding hydrogens is 247 g/mol. The first-order valence-corrected chi connectivity index (χ1v) is 6.15. The number of hydrogen-bond donors (Lipinski definition) is 2. The maximum Gasteiger partial charge on any atom is 0.211 e. The Morgan fingerprint density at radius 3 is 2.89 bits per heavy atom. The number of nitrogens with one attached hydrogen (secondary N) is 1. The average molecular weight is 264 g/mol. The van der Waals surface area contributed by atoms with Gasteiger partial charge in [0.2, 0.25) is 5.89 Å². The maximum atomic E-state index is 13.0. The number of aryl methyl sites for hydroxylation is 1. The van der Waals surface area contributed by atoms with Gasteiger partial charge >= 0.3 is 0 Å². The third kappa shape index (κ3) is 3.62. The summed E-state index contributed by atoms with van der Waals surface area (Å²) in [7, 11) is 0. The molecule has 0 spiro atoms. The van der Waals surface area contributed by atoms with Gasteiger partial charge in [0.05, 0.1) is 18.3 Å². The first-order valence-electron chi connectivity index (χ1n) is 6.15. The molecule has 0 aliphatic heterocycles. The zero-order valence-electron chi connectivity index (χ0n) is 10.9. The molecule has 0 aliphatic carbocycles. The Morgan fingerprint density at radius 1 is 1.47 bits per heavy atom. The molecule has 0 radical (unpaired) electrons. The van der Waals surface area contributed by atoms with Crippen LogP contribution in [-0.2, 0) is 0 Å². The zero-order valence-corrected chi connectivity index (χ0v) is 10.9. The number of hydrogen-bond acceptors (Lipinski definition) is 4. The Bertz CT molecular complexity index is 542. The highest BCUT2D eigenvalue weighted by molar-refractivity contribution is 5.19. The predicted octanol–water partition coefficient (Wildman–Crippen LogP) is 2.51. The second-order valence-corrected chi connectivity index (χ2v) is 4.51. The van der Waals surface area contributed by atoms with E-state index in [1.165, 1.54) is 12.1 Å². The van der Waals surface area contributed by atoms with E-state index >= 15 is 0 Å². The lowest BCUT2D eigenvalue weighted by Gasteiger charge is -2.15. The van der Waals surface area contributed by atoms with Crippen molar-refractivity contribution in [1.82, 2.24) is 10.3 Å². The normalized spacial score (nSPS) is 14.3. The molecule has 2 N–H and O–H groups in total. The van der Waals surface area contributed by atoms with Crippen molar-refractivity contribution in [1.29, 1.82) is 0 Å². The molecule has 2 aromatic rings. The van der Waals surface area contributed by atoms with E-state index < -0.39 is 6.10 Å². The minimum atomic E-state index is -0.769. The molecule has 0 fully saturated rings. The number of halogens is 1. The number of aliphatic hydroxyl groups excluding tert-OH is 1. The second-order valence-electron chi connectivity index (χ2n) is 4.51. The van der Waals surface area contributed by atoms with Crippen LogP contribution < -0.4 is 5.32 Å². The third-order valence-electron chi connectivity index (χ3n) is 2.86. The average Bonchev–Trinajstić information content (AvgIpc) is 2.82. The molecule has 1 heterocycles. The summed E-state index contributed by atoms with van der Waals surface area (Å²) in [5.74, 6) is 0.964. The number of aliphatic hydroxyl groups is 1. The second kappa shape index (κ2) is 5.95. The summed E-state index contributed by atoms with van der Waals surface area (Å²) < 4.78 is 18.4. The lowest BCUT2D eigenvalue weighted by atomic mass is 10.1. The standard InChI is InChI=1S/C14H17FN2O2/c1-9-7-17-14(19-9)10(2)16-8-13(18)11-4-3-5-12(15)6-11/h3-7,10,13,16,18H,8H2,1-2H3. The van der Waals surface area contributed by atoms with Crippen molar-refractivity contribution in [3.05, 3.63) is 53.5 Å². The van der Waals surface area contributed by atoms with Gasteiger partial charge in [-0.3, -0.25) is 0 Å². The Balaban J connectivity index is 1.91. The first kappa shape index (κ1) is 13.7. The Morgan fingerprint density at radius 2 is 2.26 bits per heavy atom. The van der Waals surface area contributed by atoms with E-state index in [4.69, 9.17) is 4.42 Å². The fraction of sp³-hybridized carbons (Fsp3) is 0.357. The number of aromatic nitrogens is 1. The van der Waals surface area contributed by atoms with Crippen LogP contribution in [0.5, 0.6) is 0 Å². The van der Waals surface area contributed by atoms with Gasteiger partial charge in [0.1, 0.15) is 11.6 Å². The van der Waals surface area contributed by atoms with Crippen LogP contribution in [0.15, 0.2) is 34.9 Å². The molecule has 5 heteroatoms. The minimum Gasteiger partial charge on any atom is -0.444 e. The quantitative estimate of drug-likeness (QED) is 0.871. The predicted molar refractivity (Wildman–Crippen MR) is 69.0 cm³/mol. The molecule has 2 atom stereocenters. The minimum absolute atomic E-state index is 0.114. The summed E-state index contributed by atoms with van der Waals surface area (Å²) in [6, 6.07) is 5.83. The fourth-order valence-corrected chi connectivity index (χ4v) is 1.78. The lowest BCUT2D eigenvalue weighted by Crippen LogP contribution is -2.24. The molecule has 0 amide bonds. The molecular formula is C14H17FN2O2. The monoisotopic (exact) mass is 264 g/mol. The van der Waals surface area contributed by atoms with Gasteiger partial charge in [-0.25, -0.2) is 9.37 Å². The maximum absolute atomic E-state index is 13.0. The number of rotatable bonds is 5. The molecule has 2 unspecified atom stereocenters. The van der Waals surface area contributed by atoms with Gasteiger partial charge < -0.3 is 14.8 Å². The molecule has 0 bridgehead atoms. The summed E-state index contributed by atoms with van der Waals surface area (Å²) in [4.78, 5) is 4.11. The largest absolute Gasteiger partial charge is 0.444 e. The van der Waals surface area contributed by atoms with E-state index in [0.717, 1.165) is 5.76 Å². The summed E-state index contributed by atoms with van der Waals surface area (Å²) >= 11 is 0. The van der Waals surface area contributed by atoms with Crippen molar-refractivity contribution in [2.45, 2.75) is 26.0 Å². The topological polar surface area (TPSA) is 58.3 Å². The highest BCUT2D eigenvalue weighted by Crippen LogP contribution is 2.16. The van der Waals surface area contributed by atoms with E-state index in [9.17, 15) is 9.50 Å². The number of nitrogens with zero attached hydrogens (tertiary/aromatic N) is 1. The molecule has 2 rings (SSSR count). The van der Waals surface area contributed by atoms with Gasteiger partial charge in [0.25, 0.3) is 0 Å². The van der Waals surface area contributed by atoms with E-state index in [2.05, 4.69) is 10.3 Å². The van der Waals surface area contributed by atoms with E-state index in [1.807, 2.05) is 13.8 Å². The number of oxazole rings is 1. The molecule has 19 heavy (non-hydrogen) atoms. The molecule has 1 aromatic heterocycles. The van der Waals surface area contributed by atoms with Gasteiger partial charge in [-0.1, -0.05) is 12.1 Å². The van der Waals surface area contributed by atoms with Crippen LogP contribution in [0.25, 0.3) is 0 Å². The summed E-state index contributed by atoms with van der Waals surface area (Å²) in [5, 5.41) is 13.1. The zero-order chi connectivity index (χ0) is 13.8. The van der Waals surface area contributed by atoms with Crippen molar-refractivity contribution >= 4 is 0 Å². The molecule has 0 aliphatic rings. The van der Waals surface area contributed by atoms with Gasteiger partial charge in [0, 0.05) is 6.54 Å². The molecule has 1 aromatic carbocycles. The van der Waals surface area contributed by atoms with Crippen LogP contribution >= 0.6 is 0 Å². The van der Waals surface area contributed by atoms with Crippen LogP contribution in [0.2, 0.25) is 0 Å². The first-order chi connectivity index (χ1) is 9.06. The van der Waals surface area contributed by atoms with Gasteiger partial charge in [-0.2, -0.15) is 0 Å². The van der Waals surface area contributed by atoms with E-state index in [-0.39, 0.29) is 11.9 Å². The summed E-state index contributed by atoms with van der Waals surface area (Å²) in [6.45, 7) is 4.01. The Hall–Kier alpha value is -1.72. The van der Waals surface area contributed by atoms with Gasteiger partial charge in [-0.15, -0.1) is 0 Å². The Labute approximate surface area is 111 Å². The third-order valence-corrected chi connectivity index (χ3v) is 2.86. The lowest BCUT2D eigenvalue weighted by molar-refractivity contribution is 0.168. The van der Waals surface area contributed by atoms with Crippen LogP contribution in [0.3, 0.4) is 0 Å². The van der Waals surface area contributed by atoms with Crippen molar-refractivity contribution in [2.24, 2.45) is 0 Å². The highest BCUT2D eigenvalue weighted by atomic mass is 19.1. The van der Waals surface area contributed by atoms with Gasteiger partial charge in [-0.05, 0) is 31.5 Å². The molecule has 102 valence electrons. The smallest absolute Gasteiger partial charge is 0.211 e. The van der Waals surface area contributed by atoms with Crippen LogP contribution in [0.1, 0.15) is 36.3 Å². The van der Waals surface area contributed by atoms with Crippen molar-refractivity contribution in [2.75, 3.05) is 6.54 Å². The SMILES string of the molecule is Cc1cnc(C(C)NCC(O)c2cccc(F)c2)o1. The highest BCUT2D eigenvalue weighted by Gasteiger charge is 2.14. The van der Waals surface area contributed by atoms with Crippen LogP contribution in [0, 0.1) is 12.7 Å². The summed E-state index contributed by atoms with van der Waals surface area (Å²) in [6.07, 6.45) is 0.880. The Kier molecular flexibility index (Phi) is 4.29. The van der Waals surface area contributed by atoms with Crippen molar-refractivity contribution < 1.29 is 13.9 Å². The van der Waals surface area contributed by atoms with Crippen LogP contribution in [-0.4, -0.2) is 16.6 Å². The van der Waals surface area contributed by atoms with Crippen molar-refractivity contribution in [3.63, 3.8) is 0 Å². The van der Waals surface area contributed by atoms with Crippen molar-refractivity contribution in [3.8, 4) is 0 Å². The molecule has 0 saturated carbocycles. The fourth-order valence-electron chi connectivity index (χ4n) is 1.78.